The van der Waals surface area contributed by atoms with Crippen LogP contribution in [0.4, 0.5) is 0 Å². The van der Waals surface area contributed by atoms with Crippen molar-refractivity contribution < 1.29 is 5.11 Å². The van der Waals surface area contributed by atoms with Gasteiger partial charge < -0.3 is 10.4 Å². The Morgan fingerprint density at radius 3 is 2.79 bits per heavy atom. The molecule has 2 rings (SSSR count). The fraction of sp³-hybridized carbons (Fsp3) is 0.438. The van der Waals surface area contributed by atoms with Crippen molar-refractivity contribution in [1.29, 1.82) is 0 Å². The molecule has 0 amide bonds. The lowest BCUT2D eigenvalue weighted by atomic mass is 9.89. The van der Waals surface area contributed by atoms with Crippen LogP contribution in [0.1, 0.15) is 25.8 Å². The molecule has 0 bridgehead atoms. The lowest BCUT2D eigenvalue weighted by molar-refractivity contribution is 0.207. The summed E-state index contributed by atoms with van der Waals surface area (Å²) in [5.74, 6) is 0. The van der Waals surface area contributed by atoms with E-state index in [1.54, 1.807) is 0 Å². The minimum atomic E-state index is 0.118. The van der Waals surface area contributed by atoms with Crippen LogP contribution >= 0.6 is 0 Å². The number of benzene rings is 1. The molecular weight excluding hydrogens is 236 g/mol. The fourth-order valence-corrected chi connectivity index (χ4v) is 2.25. The summed E-state index contributed by atoms with van der Waals surface area (Å²) in [4.78, 5) is 4.28. The van der Waals surface area contributed by atoms with Gasteiger partial charge in [-0.15, -0.1) is 0 Å². The van der Waals surface area contributed by atoms with Crippen LogP contribution in [0.15, 0.2) is 36.7 Å². The second-order valence-corrected chi connectivity index (χ2v) is 5.76. The highest BCUT2D eigenvalue weighted by Crippen LogP contribution is 2.20. The van der Waals surface area contributed by atoms with E-state index in [0.717, 1.165) is 19.5 Å². The number of aromatic nitrogens is 1. The number of fused-ring (bicyclic) bond motifs is 1. The van der Waals surface area contributed by atoms with Crippen LogP contribution in [0, 0.1) is 5.41 Å². The first-order valence-corrected chi connectivity index (χ1v) is 6.76. The van der Waals surface area contributed by atoms with Crippen LogP contribution < -0.4 is 5.32 Å². The topological polar surface area (TPSA) is 45.1 Å². The summed E-state index contributed by atoms with van der Waals surface area (Å²) in [5.41, 5.74) is 1.34. The van der Waals surface area contributed by atoms with Crippen LogP contribution in [0.25, 0.3) is 10.8 Å². The standard InChI is InChI=1S/C16H22N2O/c1-16(2,7-8-19)12-18-11-14-10-17-9-13-5-3-4-6-15(13)14/h3-6,9-10,18-19H,7-8,11-12H2,1-2H3. The van der Waals surface area contributed by atoms with Gasteiger partial charge in [0, 0.05) is 37.5 Å². The largest absolute Gasteiger partial charge is 0.396 e. The number of pyridine rings is 1. The van der Waals surface area contributed by atoms with Crippen molar-refractivity contribution in [3.05, 3.63) is 42.2 Å². The van der Waals surface area contributed by atoms with Gasteiger partial charge in [0.25, 0.3) is 0 Å². The van der Waals surface area contributed by atoms with Crippen molar-refractivity contribution in [2.45, 2.75) is 26.8 Å². The van der Waals surface area contributed by atoms with E-state index in [1.807, 2.05) is 18.5 Å². The summed E-state index contributed by atoms with van der Waals surface area (Å²) in [7, 11) is 0. The maximum atomic E-state index is 9.02. The van der Waals surface area contributed by atoms with E-state index in [2.05, 4.69) is 42.3 Å². The number of nitrogens with one attached hydrogen (secondary N) is 1. The predicted octanol–water partition coefficient (Wildman–Crippen LogP) is 2.73. The van der Waals surface area contributed by atoms with Gasteiger partial charge in [-0.05, 0) is 22.8 Å². The van der Waals surface area contributed by atoms with E-state index in [-0.39, 0.29) is 12.0 Å². The van der Waals surface area contributed by atoms with Gasteiger partial charge in [0.1, 0.15) is 0 Å². The molecule has 19 heavy (non-hydrogen) atoms. The molecule has 1 heterocycles. The van der Waals surface area contributed by atoms with Crippen LogP contribution in [-0.2, 0) is 6.54 Å². The fourth-order valence-electron chi connectivity index (χ4n) is 2.25. The third-order valence-electron chi connectivity index (χ3n) is 3.46. The zero-order valence-corrected chi connectivity index (χ0v) is 11.7. The van der Waals surface area contributed by atoms with E-state index >= 15 is 0 Å². The Balaban J connectivity index is 2.02. The van der Waals surface area contributed by atoms with E-state index in [9.17, 15) is 0 Å². The smallest absolute Gasteiger partial charge is 0.0436 e. The number of nitrogens with zero attached hydrogens (tertiary/aromatic N) is 1. The molecule has 102 valence electrons. The van der Waals surface area contributed by atoms with Crippen molar-refractivity contribution in [1.82, 2.24) is 10.3 Å². The SMILES string of the molecule is CC(C)(CCO)CNCc1cncc2ccccc12. The second-order valence-electron chi connectivity index (χ2n) is 5.76. The number of aliphatic hydroxyl groups is 1. The van der Waals surface area contributed by atoms with Crippen molar-refractivity contribution in [3.8, 4) is 0 Å². The van der Waals surface area contributed by atoms with Gasteiger partial charge in [0.2, 0.25) is 0 Å². The zero-order valence-electron chi connectivity index (χ0n) is 11.7. The number of hydrogen-bond donors (Lipinski definition) is 2. The van der Waals surface area contributed by atoms with Crippen LogP contribution in [0.3, 0.4) is 0 Å². The van der Waals surface area contributed by atoms with Gasteiger partial charge in [-0.1, -0.05) is 38.1 Å². The average Bonchev–Trinajstić information content (AvgIpc) is 2.39. The summed E-state index contributed by atoms with van der Waals surface area (Å²) in [6.45, 7) is 6.26. The van der Waals surface area contributed by atoms with Crippen LogP contribution in [-0.4, -0.2) is 23.2 Å². The Kier molecular flexibility index (Phi) is 4.51. The molecule has 0 saturated carbocycles. The minimum Gasteiger partial charge on any atom is -0.396 e. The Hall–Kier alpha value is -1.45. The molecule has 0 aliphatic carbocycles. The molecule has 3 heteroatoms. The molecule has 0 aliphatic rings. The molecule has 0 atom stereocenters. The van der Waals surface area contributed by atoms with Crippen molar-refractivity contribution in [2.24, 2.45) is 5.41 Å². The molecule has 0 saturated heterocycles. The Labute approximate surface area is 114 Å². The zero-order chi connectivity index (χ0) is 13.7. The summed E-state index contributed by atoms with van der Waals surface area (Å²) in [6, 6.07) is 8.31. The molecule has 1 aromatic heterocycles. The minimum absolute atomic E-state index is 0.118. The quantitative estimate of drug-likeness (QED) is 0.837. The summed E-state index contributed by atoms with van der Waals surface area (Å²) >= 11 is 0. The van der Waals surface area contributed by atoms with Gasteiger partial charge >= 0.3 is 0 Å². The van der Waals surface area contributed by atoms with Gasteiger partial charge in [-0.25, -0.2) is 0 Å². The van der Waals surface area contributed by atoms with E-state index < -0.39 is 0 Å². The van der Waals surface area contributed by atoms with E-state index in [0.29, 0.717) is 0 Å². The lowest BCUT2D eigenvalue weighted by Crippen LogP contribution is -2.30. The Bertz CT molecular complexity index is 532. The molecule has 0 aliphatic heterocycles. The molecule has 3 nitrogen and oxygen atoms in total. The first-order chi connectivity index (χ1) is 9.12. The molecular formula is C16H22N2O. The maximum absolute atomic E-state index is 9.02. The predicted molar refractivity (Wildman–Crippen MR) is 78.9 cm³/mol. The van der Waals surface area contributed by atoms with Crippen molar-refractivity contribution in [2.75, 3.05) is 13.2 Å². The first kappa shape index (κ1) is 14.0. The first-order valence-electron chi connectivity index (χ1n) is 6.76. The average molecular weight is 258 g/mol. The highest BCUT2D eigenvalue weighted by Gasteiger charge is 2.16. The van der Waals surface area contributed by atoms with E-state index in [1.165, 1.54) is 16.3 Å². The Morgan fingerprint density at radius 2 is 2.00 bits per heavy atom. The molecule has 0 radical (unpaired) electrons. The number of aliphatic hydroxyl groups excluding tert-OH is 1. The number of hydrogen-bond acceptors (Lipinski definition) is 3. The monoisotopic (exact) mass is 258 g/mol. The molecule has 2 N–H and O–H groups in total. The van der Waals surface area contributed by atoms with Gasteiger partial charge in [0.15, 0.2) is 0 Å². The van der Waals surface area contributed by atoms with Gasteiger partial charge in [-0.2, -0.15) is 0 Å². The highest BCUT2D eigenvalue weighted by atomic mass is 16.3. The van der Waals surface area contributed by atoms with Gasteiger partial charge in [0.05, 0.1) is 0 Å². The normalized spacial score (nSPS) is 11.9. The summed E-state index contributed by atoms with van der Waals surface area (Å²) in [5, 5.41) is 14.9. The molecule has 0 unspecified atom stereocenters. The molecule has 2 aromatic rings. The third-order valence-corrected chi connectivity index (χ3v) is 3.46. The molecule has 0 fully saturated rings. The van der Waals surface area contributed by atoms with Crippen LogP contribution in [0.5, 0.6) is 0 Å². The highest BCUT2D eigenvalue weighted by molar-refractivity contribution is 5.84. The van der Waals surface area contributed by atoms with Gasteiger partial charge in [-0.3, -0.25) is 4.98 Å². The summed E-state index contributed by atoms with van der Waals surface area (Å²) < 4.78 is 0. The molecule has 1 aromatic carbocycles. The molecule has 0 spiro atoms. The number of rotatable bonds is 6. The lowest BCUT2D eigenvalue weighted by Gasteiger charge is -2.24. The maximum Gasteiger partial charge on any atom is 0.0436 e. The van der Waals surface area contributed by atoms with Crippen LogP contribution in [0.2, 0.25) is 0 Å². The summed E-state index contributed by atoms with van der Waals surface area (Å²) in [6.07, 6.45) is 4.64. The third kappa shape index (κ3) is 3.75. The Morgan fingerprint density at radius 1 is 1.21 bits per heavy atom. The van der Waals surface area contributed by atoms with Crippen molar-refractivity contribution in [3.63, 3.8) is 0 Å². The van der Waals surface area contributed by atoms with Crippen molar-refractivity contribution >= 4 is 10.8 Å². The van der Waals surface area contributed by atoms with E-state index in [4.69, 9.17) is 5.11 Å². The second kappa shape index (κ2) is 6.13.